The Morgan fingerprint density at radius 2 is 1.86 bits per heavy atom. The molecule has 4 nitrogen and oxygen atoms in total. The minimum atomic E-state index is -0.433. The minimum Gasteiger partial charge on any atom is -0.465 e. The number of hydrogen-bond acceptors (Lipinski definition) is 3. The van der Waals surface area contributed by atoms with E-state index < -0.39 is 5.97 Å². The fourth-order valence-corrected chi connectivity index (χ4v) is 2.16. The molecule has 0 unspecified atom stereocenters. The molecule has 21 heavy (non-hydrogen) atoms. The van der Waals surface area contributed by atoms with E-state index in [0.29, 0.717) is 22.2 Å². The molecule has 1 aromatic carbocycles. The van der Waals surface area contributed by atoms with Crippen molar-refractivity contribution in [2.45, 2.75) is 13.8 Å². The first-order valence-corrected chi connectivity index (χ1v) is 7.31. The second kappa shape index (κ2) is 8.70. The topological polar surface area (TPSA) is 46.6 Å². The van der Waals surface area contributed by atoms with Gasteiger partial charge in [0.15, 0.2) is 0 Å². The van der Waals surface area contributed by atoms with Crippen molar-refractivity contribution in [1.82, 2.24) is 4.90 Å². The summed E-state index contributed by atoms with van der Waals surface area (Å²) in [6.45, 7) is 4.11. The average Bonchev–Trinajstić information content (AvgIpc) is 2.44. The van der Waals surface area contributed by atoms with Gasteiger partial charge in [-0.05, 0) is 32.1 Å². The van der Waals surface area contributed by atoms with Crippen molar-refractivity contribution in [1.29, 1.82) is 0 Å². The van der Waals surface area contributed by atoms with Crippen molar-refractivity contribution < 1.29 is 14.3 Å². The number of carbonyl (C=O) groups excluding carboxylic acids is 2. The van der Waals surface area contributed by atoms with Gasteiger partial charge in [-0.2, -0.15) is 0 Å². The van der Waals surface area contributed by atoms with Crippen molar-refractivity contribution in [2.75, 3.05) is 19.7 Å². The number of amides is 1. The van der Waals surface area contributed by atoms with Crippen LogP contribution in [-0.4, -0.2) is 36.5 Å². The molecule has 0 N–H and O–H groups in total. The monoisotopic (exact) mass is 329 g/mol. The van der Waals surface area contributed by atoms with Gasteiger partial charge in [-0.25, -0.2) is 0 Å². The summed E-state index contributed by atoms with van der Waals surface area (Å²) < 4.78 is 4.83. The van der Waals surface area contributed by atoms with Crippen LogP contribution in [0.3, 0.4) is 0 Å². The molecule has 0 aliphatic carbocycles. The van der Waals surface area contributed by atoms with Crippen LogP contribution in [0, 0.1) is 0 Å². The molecule has 0 atom stereocenters. The molecule has 0 fully saturated rings. The zero-order valence-electron chi connectivity index (χ0n) is 11.9. The highest BCUT2D eigenvalue weighted by Gasteiger charge is 2.14. The molecule has 1 aromatic rings. The van der Waals surface area contributed by atoms with Crippen LogP contribution >= 0.6 is 23.2 Å². The maximum atomic E-state index is 12.1. The number of nitrogens with zero attached hydrogens (tertiary/aromatic N) is 1. The quantitative estimate of drug-likeness (QED) is 0.593. The Bertz CT molecular complexity index is 523. The maximum absolute atomic E-state index is 12.1. The Kier molecular flexibility index (Phi) is 7.26. The molecule has 0 saturated heterocycles. The molecule has 114 valence electrons. The number of benzene rings is 1. The van der Waals surface area contributed by atoms with E-state index in [1.54, 1.807) is 38.1 Å². The lowest BCUT2D eigenvalue weighted by Gasteiger charge is -2.17. The number of ether oxygens (including phenoxy) is 1. The summed E-state index contributed by atoms with van der Waals surface area (Å²) in [5, 5.41) is 0.917. The Labute approximate surface area is 134 Å². The first kappa shape index (κ1) is 17.5. The molecular weight excluding hydrogens is 313 g/mol. The Morgan fingerprint density at radius 1 is 1.24 bits per heavy atom. The molecule has 0 heterocycles. The van der Waals surface area contributed by atoms with Crippen molar-refractivity contribution in [2.24, 2.45) is 0 Å². The number of carbonyl (C=O) groups is 2. The van der Waals surface area contributed by atoms with Gasteiger partial charge in [0.2, 0.25) is 5.91 Å². The standard InChI is InChI=1S/C15H17Cl2NO3/c1-3-18(10-15(20)21-4-2)14(19)9-8-11-12(16)6-5-7-13(11)17/h5-9H,3-4,10H2,1-2H3/b9-8+. The van der Waals surface area contributed by atoms with Crippen LogP contribution in [0.2, 0.25) is 10.0 Å². The number of esters is 1. The number of rotatable bonds is 6. The van der Waals surface area contributed by atoms with Crippen LogP contribution in [0.15, 0.2) is 24.3 Å². The zero-order chi connectivity index (χ0) is 15.8. The second-order valence-corrected chi connectivity index (χ2v) is 4.94. The molecule has 0 aliphatic rings. The van der Waals surface area contributed by atoms with E-state index in [0.717, 1.165) is 0 Å². The van der Waals surface area contributed by atoms with Crippen molar-refractivity contribution >= 4 is 41.2 Å². The van der Waals surface area contributed by atoms with Gasteiger partial charge in [-0.3, -0.25) is 9.59 Å². The van der Waals surface area contributed by atoms with E-state index in [-0.39, 0.29) is 19.1 Å². The molecule has 0 aliphatic heterocycles. The summed E-state index contributed by atoms with van der Waals surface area (Å²) in [5.74, 6) is -0.738. The fourth-order valence-electron chi connectivity index (χ4n) is 1.64. The van der Waals surface area contributed by atoms with Gasteiger partial charge < -0.3 is 9.64 Å². The number of hydrogen-bond donors (Lipinski definition) is 0. The summed E-state index contributed by atoms with van der Waals surface area (Å²) in [4.78, 5) is 24.8. The molecule has 6 heteroatoms. The van der Waals surface area contributed by atoms with E-state index in [2.05, 4.69) is 0 Å². The predicted octanol–water partition coefficient (Wildman–Crippen LogP) is 3.42. The fraction of sp³-hybridized carbons (Fsp3) is 0.333. The van der Waals surface area contributed by atoms with Gasteiger partial charge in [-0.15, -0.1) is 0 Å². The van der Waals surface area contributed by atoms with Gasteiger partial charge in [-0.1, -0.05) is 29.3 Å². The number of halogens is 2. The van der Waals surface area contributed by atoms with Gasteiger partial charge in [0, 0.05) is 28.2 Å². The third-order valence-electron chi connectivity index (χ3n) is 2.71. The van der Waals surface area contributed by atoms with E-state index in [1.807, 2.05) is 0 Å². The highest BCUT2D eigenvalue weighted by Crippen LogP contribution is 2.25. The molecular formula is C15H17Cl2NO3. The molecule has 0 saturated carbocycles. The number of likely N-dealkylation sites (N-methyl/N-ethyl adjacent to an activating group) is 1. The maximum Gasteiger partial charge on any atom is 0.325 e. The van der Waals surface area contributed by atoms with Crippen LogP contribution in [0.5, 0.6) is 0 Å². The van der Waals surface area contributed by atoms with Crippen molar-refractivity contribution in [3.05, 3.63) is 39.9 Å². The summed E-state index contributed by atoms with van der Waals surface area (Å²) in [6.07, 6.45) is 2.89. The summed E-state index contributed by atoms with van der Waals surface area (Å²) >= 11 is 12.0. The van der Waals surface area contributed by atoms with Gasteiger partial charge in [0.25, 0.3) is 0 Å². The molecule has 1 amide bonds. The van der Waals surface area contributed by atoms with Crippen LogP contribution < -0.4 is 0 Å². The van der Waals surface area contributed by atoms with E-state index >= 15 is 0 Å². The van der Waals surface area contributed by atoms with E-state index in [9.17, 15) is 9.59 Å². The summed E-state index contributed by atoms with van der Waals surface area (Å²) in [5.41, 5.74) is 0.571. The Hall–Kier alpha value is -1.52. The second-order valence-electron chi connectivity index (χ2n) is 4.13. The highest BCUT2D eigenvalue weighted by atomic mass is 35.5. The zero-order valence-corrected chi connectivity index (χ0v) is 13.4. The lowest BCUT2D eigenvalue weighted by Crippen LogP contribution is -2.35. The Morgan fingerprint density at radius 3 is 2.38 bits per heavy atom. The first-order valence-electron chi connectivity index (χ1n) is 6.56. The molecule has 0 bridgehead atoms. The van der Waals surface area contributed by atoms with Crippen molar-refractivity contribution in [3.63, 3.8) is 0 Å². The van der Waals surface area contributed by atoms with Crippen LogP contribution in [-0.2, 0) is 14.3 Å². The van der Waals surface area contributed by atoms with E-state index in [1.165, 1.54) is 11.0 Å². The van der Waals surface area contributed by atoms with Gasteiger partial charge in [0.05, 0.1) is 6.61 Å². The highest BCUT2D eigenvalue weighted by molar-refractivity contribution is 6.37. The third kappa shape index (κ3) is 5.40. The summed E-state index contributed by atoms with van der Waals surface area (Å²) in [6, 6.07) is 5.10. The lowest BCUT2D eigenvalue weighted by atomic mass is 10.2. The Balaban J connectivity index is 2.78. The lowest BCUT2D eigenvalue weighted by molar-refractivity contribution is -0.147. The third-order valence-corrected chi connectivity index (χ3v) is 3.37. The largest absolute Gasteiger partial charge is 0.465 e. The summed E-state index contributed by atoms with van der Waals surface area (Å²) in [7, 11) is 0. The molecule has 0 aromatic heterocycles. The van der Waals surface area contributed by atoms with Crippen molar-refractivity contribution in [3.8, 4) is 0 Å². The van der Waals surface area contributed by atoms with E-state index in [4.69, 9.17) is 27.9 Å². The smallest absolute Gasteiger partial charge is 0.325 e. The van der Waals surface area contributed by atoms with Crippen LogP contribution in [0.4, 0.5) is 0 Å². The minimum absolute atomic E-state index is 0.0796. The SMILES string of the molecule is CCOC(=O)CN(CC)C(=O)/C=C/c1c(Cl)cccc1Cl. The van der Waals surface area contributed by atoms with Crippen LogP contribution in [0.25, 0.3) is 6.08 Å². The van der Waals surface area contributed by atoms with Gasteiger partial charge >= 0.3 is 5.97 Å². The molecule has 0 radical (unpaired) electrons. The molecule has 0 spiro atoms. The van der Waals surface area contributed by atoms with Crippen LogP contribution in [0.1, 0.15) is 19.4 Å². The molecule has 1 rings (SSSR count). The first-order chi connectivity index (χ1) is 9.99. The predicted molar refractivity (Wildman–Crippen MR) is 84.4 cm³/mol. The average molecular weight is 330 g/mol. The van der Waals surface area contributed by atoms with Gasteiger partial charge in [0.1, 0.15) is 6.54 Å². The normalized spacial score (nSPS) is 10.7.